The summed E-state index contributed by atoms with van der Waals surface area (Å²) in [6, 6.07) is 5.58. The summed E-state index contributed by atoms with van der Waals surface area (Å²) in [7, 11) is 0. The first-order valence-corrected chi connectivity index (χ1v) is 7.75. The molecule has 7 heteroatoms. The Balaban J connectivity index is 1.86. The minimum Gasteiger partial charge on any atom is -0.395 e. The number of nitrogens with one attached hydrogen (secondary N) is 2. The Morgan fingerprint density at radius 3 is 2.60 bits per heavy atom. The molecule has 0 saturated heterocycles. The normalized spacial score (nSPS) is 14.3. The first-order valence-electron chi connectivity index (χ1n) is 6.17. The van der Waals surface area contributed by atoms with Crippen LogP contribution in [-0.4, -0.2) is 16.1 Å². The van der Waals surface area contributed by atoms with Crippen LogP contribution in [0.3, 0.4) is 0 Å². The van der Waals surface area contributed by atoms with Crippen molar-refractivity contribution in [2.75, 3.05) is 11.1 Å². The van der Waals surface area contributed by atoms with Crippen LogP contribution < -0.4 is 11.1 Å². The average Bonchev–Trinajstić information content (AvgIpc) is 3.17. The number of hydrogen-bond donors (Lipinski definition) is 3. The maximum Gasteiger partial charge on any atom is 0.278 e. The maximum atomic E-state index is 12.3. The highest BCUT2D eigenvalue weighted by Crippen LogP contribution is 2.42. The lowest BCUT2D eigenvalue weighted by atomic mass is 10.2. The second-order valence-electron chi connectivity index (χ2n) is 4.72. The first kappa shape index (κ1) is 13.6. The fourth-order valence-corrected chi connectivity index (χ4v) is 3.21. The van der Waals surface area contributed by atoms with E-state index in [4.69, 9.17) is 5.73 Å². The van der Waals surface area contributed by atoms with Gasteiger partial charge in [0, 0.05) is 14.9 Å². The molecule has 1 fully saturated rings. The second-order valence-corrected chi connectivity index (χ2v) is 6.43. The van der Waals surface area contributed by atoms with Gasteiger partial charge in [-0.05, 0) is 56.8 Å². The Hall–Kier alpha value is -1.34. The molecule has 1 amide bonds. The number of para-hydroxylation sites is 1. The third-order valence-electron chi connectivity index (χ3n) is 3.24. The van der Waals surface area contributed by atoms with E-state index in [2.05, 4.69) is 47.4 Å². The van der Waals surface area contributed by atoms with Crippen molar-refractivity contribution < 1.29 is 4.79 Å². The number of nitrogens with zero attached hydrogens (tertiary/aromatic N) is 1. The molecule has 1 heterocycles. The predicted molar refractivity (Wildman–Crippen MR) is 84.8 cm³/mol. The lowest BCUT2D eigenvalue weighted by Gasteiger charge is -2.08. The van der Waals surface area contributed by atoms with Crippen molar-refractivity contribution in [3.8, 4) is 0 Å². The number of halogens is 2. The van der Waals surface area contributed by atoms with Crippen LogP contribution in [0.4, 0.5) is 11.4 Å². The van der Waals surface area contributed by atoms with Gasteiger partial charge in [-0.2, -0.15) is 5.10 Å². The molecule has 20 heavy (non-hydrogen) atoms. The fraction of sp³-hybridized carbons (Fsp3) is 0.231. The Bertz CT molecular complexity index is 659. The van der Waals surface area contributed by atoms with E-state index in [9.17, 15) is 4.79 Å². The zero-order chi connectivity index (χ0) is 14.3. The lowest BCUT2D eigenvalue weighted by molar-refractivity contribution is 0.102. The molecule has 1 aromatic carbocycles. The number of nitrogens with two attached hydrogens (primary N) is 1. The molecule has 1 saturated carbocycles. The van der Waals surface area contributed by atoms with E-state index in [0.29, 0.717) is 17.3 Å². The van der Waals surface area contributed by atoms with Gasteiger partial charge in [-0.3, -0.25) is 9.89 Å². The van der Waals surface area contributed by atoms with Gasteiger partial charge in [0.2, 0.25) is 0 Å². The molecule has 1 aliphatic rings. The number of nitrogen functional groups attached to an aromatic ring is 1. The molecule has 1 aromatic heterocycles. The monoisotopic (exact) mass is 398 g/mol. The Morgan fingerprint density at radius 1 is 1.35 bits per heavy atom. The van der Waals surface area contributed by atoms with Crippen molar-refractivity contribution >= 4 is 49.1 Å². The zero-order valence-electron chi connectivity index (χ0n) is 10.4. The maximum absolute atomic E-state index is 12.3. The highest BCUT2D eigenvalue weighted by Gasteiger charge is 2.30. The molecule has 0 aliphatic heterocycles. The molecule has 0 spiro atoms. The summed E-state index contributed by atoms with van der Waals surface area (Å²) in [5.41, 5.74) is 8.23. The van der Waals surface area contributed by atoms with Crippen molar-refractivity contribution in [2.45, 2.75) is 18.8 Å². The van der Waals surface area contributed by atoms with E-state index < -0.39 is 0 Å². The van der Waals surface area contributed by atoms with Gasteiger partial charge in [0.1, 0.15) is 0 Å². The summed E-state index contributed by atoms with van der Waals surface area (Å²) in [6.45, 7) is 0. The molecular formula is C13H12Br2N4O. The lowest BCUT2D eigenvalue weighted by Crippen LogP contribution is -2.15. The van der Waals surface area contributed by atoms with Gasteiger partial charge >= 0.3 is 0 Å². The number of hydrogen-bond acceptors (Lipinski definition) is 3. The number of carbonyl (C=O) groups is 1. The van der Waals surface area contributed by atoms with E-state index in [-0.39, 0.29) is 11.6 Å². The smallest absolute Gasteiger partial charge is 0.278 e. The summed E-state index contributed by atoms with van der Waals surface area (Å²) in [4.78, 5) is 12.3. The molecule has 2 aromatic rings. The number of amides is 1. The van der Waals surface area contributed by atoms with Crippen molar-refractivity contribution in [3.63, 3.8) is 0 Å². The number of benzene rings is 1. The number of rotatable bonds is 3. The molecule has 0 radical (unpaired) electrons. The van der Waals surface area contributed by atoms with Crippen LogP contribution in [0, 0.1) is 0 Å². The van der Waals surface area contributed by atoms with Crippen molar-refractivity contribution in [2.24, 2.45) is 0 Å². The van der Waals surface area contributed by atoms with Crippen LogP contribution in [0.25, 0.3) is 0 Å². The molecule has 0 atom stereocenters. The van der Waals surface area contributed by atoms with Gasteiger partial charge in [-0.15, -0.1) is 0 Å². The van der Waals surface area contributed by atoms with Gasteiger partial charge in [-0.1, -0.05) is 6.07 Å². The van der Waals surface area contributed by atoms with Gasteiger partial charge in [0.15, 0.2) is 5.69 Å². The van der Waals surface area contributed by atoms with Gasteiger partial charge < -0.3 is 11.1 Å². The van der Waals surface area contributed by atoms with Crippen LogP contribution >= 0.6 is 31.9 Å². The fourth-order valence-electron chi connectivity index (χ4n) is 2.01. The second kappa shape index (κ2) is 5.21. The van der Waals surface area contributed by atoms with Crippen LogP contribution in [0.15, 0.2) is 27.1 Å². The van der Waals surface area contributed by atoms with E-state index in [1.807, 2.05) is 18.2 Å². The standard InChI is InChI=1S/C13H12Br2N4O/c14-7-2-1-3-8(15)11(7)17-13(20)12-9(16)10(18-19-12)6-4-5-6/h1-3,6H,4-5,16H2,(H,17,20)(H,18,19). The molecule has 0 bridgehead atoms. The van der Waals surface area contributed by atoms with Crippen LogP contribution in [-0.2, 0) is 0 Å². The highest BCUT2D eigenvalue weighted by atomic mass is 79.9. The Kier molecular flexibility index (Phi) is 3.55. The van der Waals surface area contributed by atoms with E-state index >= 15 is 0 Å². The van der Waals surface area contributed by atoms with Crippen molar-refractivity contribution in [1.29, 1.82) is 0 Å². The summed E-state index contributed by atoms with van der Waals surface area (Å²) >= 11 is 6.80. The first-order chi connectivity index (χ1) is 9.58. The Morgan fingerprint density at radius 2 is 2.00 bits per heavy atom. The quantitative estimate of drug-likeness (QED) is 0.736. The van der Waals surface area contributed by atoms with Crippen molar-refractivity contribution in [1.82, 2.24) is 10.2 Å². The number of aromatic nitrogens is 2. The van der Waals surface area contributed by atoms with E-state index in [1.54, 1.807) is 0 Å². The van der Waals surface area contributed by atoms with Crippen LogP contribution in [0.2, 0.25) is 0 Å². The van der Waals surface area contributed by atoms with E-state index in [1.165, 1.54) is 0 Å². The molecule has 4 N–H and O–H groups in total. The van der Waals surface area contributed by atoms with Gasteiger partial charge in [0.25, 0.3) is 5.91 Å². The summed E-state index contributed by atoms with van der Waals surface area (Å²) < 4.78 is 1.58. The minimum absolute atomic E-state index is 0.245. The number of H-pyrrole nitrogens is 1. The third-order valence-corrected chi connectivity index (χ3v) is 4.56. The zero-order valence-corrected chi connectivity index (χ0v) is 13.6. The van der Waals surface area contributed by atoms with Crippen molar-refractivity contribution in [3.05, 3.63) is 38.5 Å². The molecule has 5 nitrogen and oxygen atoms in total. The third kappa shape index (κ3) is 2.47. The topological polar surface area (TPSA) is 83.8 Å². The Labute approximate surface area is 132 Å². The van der Waals surface area contributed by atoms with Crippen LogP contribution in [0.5, 0.6) is 0 Å². The molecule has 0 unspecified atom stereocenters. The number of carbonyl (C=O) groups excluding carboxylic acids is 1. The SMILES string of the molecule is Nc1c(C(=O)Nc2c(Br)cccc2Br)n[nH]c1C1CC1. The van der Waals surface area contributed by atoms with E-state index in [0.717, 1.165) is 27.5 Å². The number of aromatic amines is 1. The minimum atomic E-state index is -0.321. The summed E-state index contributed by atoms with van der Waals surface area (Å²) in [6.07, 6.45) is 2.20. The number of anilines is 2. The largest absolute Gasteiger partial charge is 0.395 e. The molecule has 104 valence electrons. The highest BCUT2D eigenvalue weighted by molar-refractivity contribution is 9.11. The summed E-state index contributed by atoms with van der Waals surface area (Å²) in [5, 5.41) is 9.73. The van der Waals surface area contributed by atoms with Gasteiger partial charge in [-0.25, -0.2) is 0 Å². The predicted octanol–water partition coefficient (Wildman–Crippen LogP) is 3.65. The molecule has 3 rings (SSSR count). The van der Waals surface area contributed by atoms with Gasteiger partial charge in [0.05, 0.1) is 17.1 Å². The average molecular weight is 400 g/mol. The van der Waals surface area contributed by atoms with Crippen LogP contribution in [0.1, 0.15) is 34.9 Å². The molecular weight excluding hydrogens is 388 g/mol. The molecule has 1 aliphatic carbocycles. The summed E-state index contributed by atoms with van der Waals surface area (Å²) in [5.74, 6) is 0.109.